The van der Waals surface area contributed by atoms with Gasteiger partial charge in [-0.2, -0.15) is 0 Å². The molecule has 0 spiro atoms. The van der Waals surface area contributed by atoms with Crippen molar-refractivity contribution in [3.05, 3.63) is 28.8 Å². The van der Waals surface area contributed by atoms with Crippen molar-refractivity contribution in [1.82, 2.24) is 5.32 Å². The van der Waals surface area contributed by atoms with E-state index in [0.29, 0.717) is 6.04 Å². The van der Waals surface area contributed by atoms with Crippen LogP contribution in [0.4, 0.5) is 0 Å². The van der Waals surface area contributed by atoms with Crippen molar-refractivity contribution in [3.8, 4) is 5.75 Å². The highest BCUT2D eigenvalue weighted by Crippen LogP contribution is 2.32. The molecule has 3 rings (SSSR count). The van der Waals surface area contributed by atoms with Gasteiger partial charge >= 0.3 is 0 Å². The molecule has 1 aromatic rings. The minimum Gasteiger partial charge on any atom is -0.492 e. The lowest BCUT2D eigenvalue weighted by Gasteiger charge is -2.13. The van der Waals surface area contributed by atoms with Crippen LogP contribution in [0, 0.1) is 5.92 Å². The minimum atomic E-state index is 0.627. The Hall–Kier alpha value is -0.730. The van der Waals surface area contributed by atoms with Crippen molar-refractivity contribution in [2.24, 2.45) is 5.92 Å². The number of benzene rings is 1. The van der Waals surface area contributed by atoms with Crippen LogP contribution in [0.3, 0.4) is 0 Å². The van der Waals surface area contributed by atoms with Crippen molar-refractivity contribution in [3.63, 3.8) is 0 Å². The lowest BCUT2D eigenvalue weighted by Crippen LogP contribution is -2.23. The molecule has 1 atom stereocenters. The van der Waals surface area contributed by atoms with Crippen LogP contribution >= 0.6 is 11.6 Å². The number of nitrogens with one attached hydrogen (secondary N) is 1. The summed E-state index contributed by atoms with van der Waals surface area (Å²) in [6.07, 6.45) is 6.27. The highest BCUT2D eigenvalue weighted by Gasteiger charge is 2.22. The van der Waals surface area contributed by atoms with E-state index in [1.54, 1.807) is 0 Å². The average Bonchev–Trinajstić information content (AvgIpc) is 3.07. The molecule has 2 aliphatic rings. The largest absolute Gasteiger partial charge is 0.492 e. The maximum atomic E-state index is 6.18. The van der Waals surface area contributed by atoms with Gasteiger partial charge in [0.1, 0.15) is 5.75 Å². The van der Waals surface area contributed by atoms with Gasteiger partial charge in [0.05, 0.1) is 11.6 Å². The van der Waals surface area contributed by atoms with Crippen LogP contribution in [0.25, 0.3) is 0 Å². The summed E-state index contributed by atoms with van der Waals surface area (Å²) in [5.74, 6) is 1.63. The van der Waals surface area contributed by atoms with E-state index in [4.69, 9.17) is 16.3 Å². The van der Waals surface area contributed by atoms with Crippen LogP contribution in [0.5, 0.6) is 5.75 Å². The fourth-order valence-electron chi connectivity index (χ4n) is 2.49. The molecule has 1 N–H and O–H groups in total. The lowest BCUT2D eigenvalue weighted by atomic mass is 10.0. The third-order valence-electron chi connectivity index (χ3n) is 3.81. The van der Waals surface area contributed by atoms with Crippen LogP contribution in [0.15, 0.2) is 18.2 Å². The van der Waals surface area contributed by atoms with Gasteiger partial charge in [0.25, 0.3) is 0 Å². The summed E-state index contributed by atoms with van der Waals surface area (Å²) < 4.78 is 5.81. The van der Waals surface area contributed by atoms with E-state index in [2.05, 4.69) is 17.4 Å². The molecule has 0 bridgehead atoms. The second-order valence-electron chi connectivity index (χ2n) is 5.52. The Kier molecular flexibility index (Phi) is 3.76. The summed E-state index contributed by atoms with van der Waals surface area (Å²) in [6.45, 7) is 1.98. The number of ether oxygens (including phenoxy) is 1. The second-order valence-corrected chi connectivity index (χ2v) is 5.92. The monoisotopic (exact) mass is 265 g/mol. The van der Waals surface area contributed by atoms with Gasteiger partial charge in [-0.3, -0.25) is 0 Å². The van der Waals surface area contributed by atoms with E-state index < -0.39 is 0 Å². The molecule has 0 radical (unpaired) electrons. The molecular weight excluding hydrogens is 246 g/mol. The summed E-state index contributed by atoms with van der Waals surface area (Å²) >= 11 is 6.18. The Morgan fingerprint density at radius 3 is 2.89 bits per heavy atom. The van der Waals surface area contributed by atoms with Gasteiger partial charge in [-0.05, 0) is 62.3 Å². The summed E-state index contributed by atoms with van der Waals surface area (Å²) in [6, 6.07) is 6.83. The molecule has 1 aliphatic heterocycles. The molecule has 1 aromatic carbocycles. The van der Waals surface area contributed by atoms with Gasteiger partial charge in [0.15, 0.2) is 0 Å². The molecule has 18 heavy (non-hydrogen) atoms. The standard InChI is InChI=1S/C15H20ClNO/c16-14-6-5-12(8-13-2-1-7-17-13)9-15(14)18-10-11-3-4-11/h5-6,9,11,13,17H,1-4,7-8,10H2. The number of halogens is 1. The van der Waals surface area contributed by atoms with Gasteiger partial charge in [0, 0.05) is 6.04 Å². The summed E-state index contributed by atoms with van der Waals surface area (Å²) in [5, 5.41) is 4.26. The first-order valence-corrected chi connectivity index (χ1v) is 7.33. The Bertz CT molecular complexity index is 411. The fourth-order valence-corrected chi connectivity index (χ4v) is 2.67. The zero-order chi connectivity index (χ0) is 12.4. The Morgan fingerprint density at radius 2 is 2.17 bits per heavy atom. The molecular formula is C15H20ClNO. The van der Waals surface area contributed by atoms with Crippen molar-refractivity contribution >= 4 is 11.6 Å². The number of hydrogen-bond acceptors (Lipinski definition) is 2. The Morgan fingerprint density at radius 1 is 1.28 bits per heavy atom. The molecule has 0 amide bonds. The van der Waals surface area contributed by atoms with Crippen molar-refractivity contribution in [1.29, 1.82) is 0 Å². The number of hydrogen-bond donors (Lipinski definition) is 1. The number of rotatable bonds is 5. The van der Waals surface area contributed by atoms with Crippen molar-refractivity contribution in [2.45, 2.75) is 38.1 Å². The van der Waals surface area contributed by atoms with Gasteiger partial charge in [0.2, 0.25) is 0 Å². The van der Waals surface area contributed by atoms with Crippen LogP contribution in [0.1, 0.15) is 31.2 Å². The first-order chi connectivity index (χ1) is 8.81. The van der Waals surface area contributed by atoms with Crippen molar-refractivity contribution < 1.29 is 4.74 Å². The Balaban J connectivity index is 1.63. The molecule has 98 valence electrons. The van der Waals surface area contributed by atoms with Crippen molar-refractivity contribution in [2.75, 3.05) is 13.2 Å². The average molecular weight is 266 g/mol. The highest BCUT2D eigenvalue weighted by atomic mass is 35.5. The molecule has 1 saturated carbocycles. The van der Waals surface area contributed by atoms with Gasteiger partial charge in [-0.25, -0.2) is 0 Å². The Labute approximate surface area is 114 Å². The smallest absolute Gasteiger partial charge is 0.138 e. The zero-order valence-electron chi connectivity index (χ0n) is 10.6. The molecule has 2 nitrogen and oxygen atoms in total. The molecule has 3 heteroatoms. The predicted molar refractivity (Wildman–Crippen MR) is 74.4 cm³/mol. The van der Waals surface area contributed by atoms with E-state index in [-0.39, 0.29) is 0 Å². The molecule has 0 aromatic heterocycles. The maximum absolute atomic E-state index is 6.18. The van der Waals surface area contributed by atoms with Gasteiger partial charge in [-0.15, -0.1) is 0 Å². The van der Waals surface area contributed by atoms with Gasteiger partial charge < -0.3 is 10.1 Å². The summed E-state index contributed by atoms with van der Waals surface area (Å²) in [7, 11) is 0. The SMILES string of the molecule is Clc1ccc(CC2CCCN2)cc1OCC1CC1. The summed E-state index contributed by atoms with van der Waals surface area (Å²) in [4.78, 5) is 0. The lowest BCUT2D eigenvalue weighted by molar-refractivity contribution is 0.299. The third kappa shape index (κ3) is 3.18. The van der Waals surface area contributed by atoms with E-state index in [1.807, 2.05) is 6.07 Å². The molecule has 1 saturated heterocycles. The van der Waals surface area contributed by atoms with E-state index in [0.717, 1.165) is 36.3 Å². The highest BCUT2D eigenvalue weighted by molar-refractivity contribution is 6.32. The van der Waals surface area contributed by atoms with Crippen LogP contribution in [-0.2, 0) is 6.42 Å². The normalized spacial score (nSPS) is 23.3. The first-order valence-electron chi connectivity index (χ1n) is 6.96. The fraction of sp³-hybridized carbons (Fsp3) is 0.600. The van der Waals surface area contributed by atoms with E-state index in [9.17, 15) is 0 Å². The summed E-state index contributed by atoms with van der Waals surface area (Å²) in [5.41, 5.74) is 1.32. The van der Waals surface area contributed by atoms with Crippen LogP contribution in [0.2, 0.25) is 5.02 Å². The predicted octanol–water partition coefficient (Wildman–Crippen LogP) is 3.42. The first kappa shape index (κ1) is 12.3. The minimum absolute atomic E-state index is 0.627. The van der Waals surface area contributed by atoms with Crippen LogP contribution in [-0.4, -0.2) is 19.2 Å². The van der Waals surface area contributed by atoms with Crippen LogP contribution < -0.4 is 10.1 Å². The van der Waals surface area contributed by atoms with E-state index in [1.165, 1.54) is 31.2 Å². The molecule has 2 fully saturated rings. The zero-order valence-corrected chi connectivity index (χ0v) is 11.4. The van der Waals surface area contributed by atoms with E-state index >= 15 is 0 Å². The second kappa shape index (κ2) is 5.50. The van der Waals surface area contributed by atoms with Gasteiger partial charge in [-0.1, -0.05) is 17.7 Å². The molecule has 1 aliphatic carbocycles. The molecule has 1 heterocycles. The maximum Gasteiger partial charge on any atom is 0.138 e. The molecule has 1 unspecified atom stereocenters. The quantitative estimate of drug-likeness (QED) is 0.881. The topological polar surface area (TPSA) is 21.3 Å². The third-order valence-corrected chi connectivity index (χ3v) is 4.12.